The Labute approximate surface area is 159 Å². The second-order valence-corrected chi connectivity index (χ2v) is 7.81. The SMILES string of the molecule is Cc1cnc2c(S(=O)(=O)NCc3ccnc(OCC(F)(F)F)c3)cccc2c1. The van der Waals surface area contributed by atoms with Crippen molar-refractivity contribution < 1.29 is 26.3 Å². The molecular weight excluding hydrogens is 395 g/mol. The molecule has 6 nitrogen and oxygen atoms in total. The molecule has 0 bridgehead atoms. The maximum Gasteiger partial charge on any atom is 0.422 e. The summed E-state index contributed by atoms with van der Waals surface area (Å²) in [7, 11) is -3.90. The van der Waals surface area contributed by atoms with Crippen LogP contribution in [0.1, 0.15) is 11.1 Å². The van der Waals surface area contributed by atoms with Crippen LogP contribution in [0.25, 0.3) is 10.9 Å². The number of nitrogens with zero attached hydrogens (tertiary/aromatic N) is 2. The van der Waals surface area contributed by atoms with Crippen molar-refractivity contribution in [2.24, 2.45) is 0 Å². The average Bonchev–Trinajstić information content (AvgIpc) is 2.64. The van der Waals surface area contributed by atoms with E-state index >= 15 is 0 Å². The molecule has 0 saturated heterocycles. The van der Waals surface area contributed by atoms with Gasteiger partial charge in [0.05, 0.1) is 5.52 Å². The fourth-order valence-corrected chi connectivity index (χ4v) is 3.71. The van der Waals surface area contributed by atoms with Gasteiger partial charge in [-0.2, -0.15) is 13.2 Å². The quantitative estimate of drug-likeness (QED) is 0.673. The van der Waals surface area contributed by atoms with Crippen molar-refractivity contribution in [3.63, 3.8) is 0 Å². The van der Waals surface area contributed by atoms with Crippen molar-refractivity contribution in [1.29, 1.82) is 0 Å². The van der Waals surface area contributed by atoms with Crippen LogP contribution in [-0.4, -0.2) is 31.2 Å². The number of ether oxygens (including phenoxy) is 1. The smallest absolute Gasteiger partial charge is 0.422 e. The molecule has 2 heterocycles. The first-order valence-corrected chi connectivity index (χ1v) is 9.62. The van der Waals surface area contributed by atoms with Crippen LogP contribution < -0.4 is 9.46 Å². The lowest BCUT2D eigenvalue weighted by atomic mass is 10.2. The molecule has 0 aliphatic carbocycles. The Hall–Kier alpha value is -2.72. The Kier molecular flexibility index (Phi) is 5.52. The highest BCUT2D eigenvalue weighted by molar-refractivity contribution is 7.89. The van der Waals surface area contributed by atoms with Gasteiger partial charge in [0.25, 0.3) is 0 Å². The fourth-order valence-electron chi connectivity index (χ4n) is 2.51. The maximum absolute atomic E-state index is 12.7. The van der Waals surface area contributed by atoms with E-state index in [0.717, 1.165) is 5.56 Å². The minimum absolute atomic E-state index is 0.0209. The number of halogens is 3. The molecule has 2 aromatic heterocycles. The molecule has 3 aromatic rings. The summed E-state index contributed by atoms with van der Waals surface area (Å²) in [4.78, 5) is 7.91. The van der Waals surface area contributed by atoms with Crippen LogP contribution >= 0.6 is 0 Å². The summed E-state index contributed by atoms with van der Waals surface area (Å²) >= 11 is 0. The summed E-state index contributed by atoms with van der Waals surface area (Å²) in [6.45, 7) is 0.236. The van der Waals surface area contributed by atoms with Crippen LogP contribution in [0.4, 0.5) is 13.2 Å². The molecule has 0 atom stereocenters. The van der Waals surface area contributed by atoms with Crippen molar-refractivity contribution in [3.05, 3.63) is 59.9 Å². The van der Waals surface area contributed by atoms with Gasteiger partial charge in [-0.25, -0.2) is 18.1 Å². The minimum Gasteiger partial charge on any atom is -0.468 e. The normalized spacial score (nSPS) is 12.3. The molecule has 0 aliphatic rings. The number of sulfonamides is 1. The standard InChI is InChI=1S/C18H16F3N3O3S/c1-12-7-14-3-2-4-15(17(14)23-9-12)28(25,26)24-10-13-5-6-22-16(8-13)27-11-18(19,20)21/h2-9,24H,10-11H2,1H3. The van der Waals surface area contributed by atoms with Gasteiger partial charge in [0.15, 0.2) is 6.61 Å². The zero-order valence-corrected chi connectivity index (χ0v) is 15.5. The highest BCUT2D eigenvalue weighted by Gasteiger charge is 2.28. The Morgan fingerprint density at radius 1 is 1.14 bits per heavy atom. The number of hydrogen-bond donors (Lipinski definition) is 1. The highest BCUT2D eigenvalue weighted by atomic mass is 32.2. The third-order valence-electron chi connectivity index (χ3n) is 3.75. The van der Waals surface area contributed by atoms with Gasteiger partial charge in [-0.3, -0.25) is 4.98 Å². The molecule has 0 unspecified atom stereocenters. The van der Waals surface area contributed by atoms with E-state index in [2.05, 4.69) is 19.4 Å². The number of aryl methyl sites for hydroxylation is 1. The van der Waals surface area contributed by atoms with Gasteiger partial charge >= 0.3 is 6.18 Å². The van der Waals surface area contributed by atoms with Gasteiger partial charge in [0.1, 0.15) is 4.90 Å². The first-order chi connectivity index (χ1) is 13.1. The predicted octanol–water partition coefficient (Wildman–Crippen LogP) is 3.36. The summed E-state index contributed by atoms with van der Waals surface area (Å²) in [5, 5.41) is 0.689. The van der Waals surface area contributed by atoms with E-state index < -0.39 is 22.8 Å². The largest absolute Gasteiger partial charge is 0.468 e. The van der Waals surface area contributed by atoms with Crippen LogP contribution in [0.2, 0.25) is 0 Å². The number of hydrogen-bond acceptors (Lipinski definition) is 5. The molecule has 3 rings (SSSR count). The molecule has 0 radical (unpaired) electrons. The van der Waals surface area contributed by atoms with Gasteiger partial charge < -0.3 is 4.74 Å². The summed E-state index contributed by atoms with van der Waals surface area (Å²) in [6, 6.07) is 9.38. The van der Waals surface area contributed by atoms with E-state index in [1.54, 1.807) is 18.3 Å². The maximum atomic E-state index is 12.7. The van der Waals surface area contributed by atoms with Crippen molar-refractivity contribution in [3.8, 4) is 5.88 Å². The Morgan fingerprint density at radius 2 is 1.93 bits per heavy atom. The van der Waals surface area contributed by atoms with Crippen LogP contribution in [0.3, 0.4) is 0 Å². The van der Waals surface area contributed by atoms with E-state index in [-0.39, 0.29) is 17.3 Å². The van der Waals surface area contributed by atoms with Crippen molar-refractivity contribution in [2.45, 2.75) is 24.5 Å². The van der Waals surface area contributed by atoms with E-state index in [0.29, 0.717) is 16.5 Å². The van der Waals surface area contributed by atoms with Crippen molar-refractivity contribution in [1.82, 2.24) is 14.7 Å². The van der Waals surface area contributed by atoms with Crippen LogP contribution in [-0.2, 0) is 16.6 Å². The van der Waals surface area contributed by atoms with Gasteiger partial charge in [0, 0.05) is 30.4 Å². The Balaban J connectivity index is 1.77. The summed E-state index contributed by atoms with van der Waals surface area (Å²) in [6.07, 6.45) is -1.66. The average molecular weight is 411 g/mol. The Bertz CT molecular complexity index is 1100. The van der Waals surface area contributed by atoms with Crippen LogP contribution in [0.5, 0.6) is 5.88 Å². The number of para-hydroxylation sites is 1. The number of fused-ring (bicyclic) bond motifs is 1. The van der Waals surface area contributed by atoms with Crippen LogP contribution in [0.15, 0.2) is 53.7 Å². The minimum atomic E-state index is -4.49. The van der Waals surface area contributed by atoms with E-state index in [1.165, 1.54) is 24.4 Å². The van der Waals surface area contributed by atoms with Gasteiger partial charge in [-0.1, -0.05) is 12.1 Å². The number of aromatic nitrogens is 2. The summed E-state index contributed by atoms with van der Waals surface area (Å²) < 4.78 is 69.1. The molecule has 0 aliphatic heterocycles. The van der Waals surface area contributed by atoms with E-state index in [1.807, 2.05) is 13.0 Å². The monoisotopic (exact) mass is 411 g/mol. The molecule has 1 N–H and O–H groups in total. The van der Waals surface area contributed by atoms with Crippen molar-refractivity contribution >= 4 is 20.9 Å². The molecular formula is C18H16F3N3O3S. The van der Waals surface area contributed by atoms with Gasteiger partial charge in [-0.15, -0.1) is 0 Å². The predicted molar refractivity (Wildman–Crippen MR) is 96.3 cm³/mol. The fraction of sp³-hybridized carbons (Fsp3) is 0.222. The zero-order valence-electron chi connectivity index (χ0n) is 14.7. The third kappa shape index (κ3) is 4.96. The van der Waals surface area contributed by atoms with E-state index in [4.69, 9.17) is 0 Å². The first kappa shape index (κ1) is 20.0. The van der Waals surface area contributed by atoms with E-state index in [9.17, 15) is 21.6 Å². The second-order valence-electron chi connectivity index (χ2n) is 6.07. The molecule has 1 aromatic carbocycles. The van der Waals surface area contributed by atoms with Gasteiger partial charge in [-0.05, 0) is 36.2 Å². The first-order valence-electron chi connectivity index (χ1n) is 8.14. The number of benzene rings is 1. The second kappa shape index (κ2) is 7.72. The lowest BCUT2D eigenvalue weighted by Crippen LogP contribution is -2.24. The molecule has 28 heavy (non-hydrogen) atoms. The lowest BCUT2D eigenvalue weighted by Gasteiger charge is -2.11. The van der Waals surface area contributed by atoms with Crippen molar-refractivity contribution in [2.75, 3.05) is 6.61 Å². The molecule has 148 valence electrons. The molecule has 0 fully saturated rings. The lowest BCUT2D eigenvalue weighted by molar-refractivity contribution is -0.154. The topological polar surface area (TPSA) is 81.2 Å². The van der Waals surface area contributed by atoms with Crippen LogP contribution in [0, 0.1) is 6.92 Å². The highest BCUT2D eigenvalue weighted by Crippen LogP contribution is 2.22. The molecule has 0 amide bonds. The summed E-state index contributed by atoms with van der Waals surface area (Å²) in [5.41, 5.74) is 1.64. The third-order valence-corrected chi connectivity index (χ3v) is 5.18. The number of rotatable bonds is 6. The zero-order chi connectivity index (χ0) is 20.4. The molecule has 0 spiro atoms. The summed E-state index contributed by atoms with van der Waals surface area (Å²) in [5.74, 6) is -0.240. The Morgan fingerprint density at radius 3 is 2.68 bits per heavy atom. The molecule has 0 saturated carbocycles. The number of nitrogens with one attached hydrogen (secondary N) is 1. The number of alkyl halides is 3. The van der Waals surface area contributed by atoms with Gasteiger partial charge in [0.2, 0.25) is 15.9 Å². The number of pyridine rings is 2. The molecule has 10 heteroatoms.